The van der Waals surface area contributed by atoms with Gasteiger partial charge in [0.15, 0.2) is 26.1 Å². The summed E-state index contributed by atoms with van der Waals surface area (Å²) in [6, 6.07) is 17.6. The number of carbonyl (C=O) groups excluding carboxylic acids is 2. The first-order valence-corrected chi connectivity index (χ1v) is 24.6. The number of aromatic nitrogens is 4. The summed E-state index contributed by atoms with van der Waals surface area (Å²) in [6.45, 7) is 14.2. The Bertz CT molecular complexity index is 2580. The second-order valence-corrected chi connectivity index (χ2v) is 23.2. The fraction of sp³-hybridized carbons (Fsp3) is 0.422. The molecular formula is C45H54N6O11SSi. The van der Waals surface area contributed by atoms with Gasteiger partial charge in [-0.3, -0.25) is 23.9 Å². The SMILES string of the molecule is COc1ccc(CN(C(=O)c2cnoc2CSc2ccccn2)C(C(=O)Nc2ccccc2CO[Si](C)(C)C(C)(C)C)[C@H]2O[C@@H](n3ccc(=O)[nH]c3=O)[C@@H]3OC(C)(C)O[C@@H]32)c(OC)c1. The van der Waals surface area contributed by atoms with E-state index in [0.29, 0.717) is 33.3 Å². The molecule has 2 aliphatic rings. The van der Waals surface area contributed by atoms with Crippen molar-refractivity contribution in [2.75, 3.05) is 19.5 Å². The summed E-state index contributed by atoms with van der Waals surface area (Å²) < 4.78 is 44.4. The van der Waals surface area contributed by atoms with Crippen molar-refractivity contribution >= 4 is 37.6 Å². The summed E-state index contributed by atoms with van der Waals surface area (Å²) >= 11 is 1.34. The normalized spacial score (nSPS) is 19.8. The molecule has 5 atom stereocenters. The van der Waals surface area contributed by atoms with E-state index in [0.717, 1.165) is 0 Å². The fourth-order valence-corrected chi connectivity index (χ4v) is 9.11. The first kappa shape index (κ1) is 46.4. The first-order valence-electron chi connectivity index (χ1n) is 20.7. The van der Waals surface area contributed by atoms with Crippen LogP contribution in [0.2, 0.25) is 18.1 Å². The molecule has 17 nitrogen and oxygen atoms in total. The van der Waals surface area contributed by atoms with Crippen LogP contribution >= 0.6 is 11.8 Å². The Morgan fingerprint density at radius 1 is 1.00 bits per heavy atom. The van der Waals surface area contributed by atoms with Gasteiger partial charge in [-0.15, -0.1) is 0 Å². The first-order chi connectivity index (χ1) is 30.4. The van der Waals surface area contributed by atoms with E-state index in [2.05, 4.69) is 54.3 Å². The predicted octanol–water partition coefficient (Wildman–Crippen LogP) is 6.52. The van der Waals surface area contributed by atoms with Crippen LogP contribution in [0.15, 0.2) is 104 Å². The number of H-pyrrole nitrogens is 1. The van der Waals surface area contributed by atoms with Crippen molar-refractivity contribution in [2.45, 2.75) is 113 Å². The minimum Gasteiger partial charge on any atom is -0.497 e. The van der Waals surface area contributed by atoms with E-state index in [4.69, 9.17) is 32.6 Å². The number of anilines is 1. The molecule has 3 aromatic heterocycles. The average molecular weight is 915 g/mol. The lowest BCUT2D eigenvalue weighted by atomic mass is 9.98. The number of fused-ring (bicyclic) bond motifs is 1. The molecule has 2 fully saturated rings. The number of methoxy groups -OCH3 is 2. The number of benzene rings is 2. The highest BCUT2D eigenvalue weighted by Crippen LogP contribution is 2.45. The van der Waals surface area contributed by atoms with Gasteiger partial charge in [-0.2, -0.15) is 0 Å². The van der Waals surface area contributed by atoms with Crippen LogP contribution in [0.5, 0.6) is 11.5 Å². The molecule has 5 heterocycles. The highest BCUT2D eigenvalue weighted by molar-refractivity contribution is 7.98. The number of hydrogen-bond donors (Lipinski definition) is 2. The van der Waals surface area contributed by atoms with Crippen molar-refractivity contribution < 1.29 is 42.2 Å². The molecule has 0 radical (unpaired) electrons. The largest absolute Gasteiger partial charge is 0.497 e. The third-order valence-corrected chi connectivity index (χ3v) is 17.2. The summed E-state index contributed by atoms with van der Waals surface area (Å²) in [5.74, 6) is -1.18. The quantitative estimate of drug-likeness (QED) is 0.0801. The van der Waals surface area contributed by atoms with E-state index in [1.54, 1.807) is 56.4 Å². The van der Waals surface area contributed by atoms with E-state index in [1.165, 1.54) is 53.9 Å². The van der Waals surface area contributed by atoms with Crippen LogP contribution in [-0.2, 0) is 42.3 Å². The second-order valence-electron chi connectivity index (χ2n) is 17.4. The van der Waals surface area contributed by atoms with E-state index in [1.807, 2.05) is 24.3 Å². The zero-order chi connectivity index (χ0) is 46.0. The number of hydrogen-bond acceptors (Lipinski definition) is 14. The minimum atomic E-state index is -2.23. The molecule has 0 aliphatic carbocycles. The molecule has 340 valence electrons. The van der Waals surface area contributed by atoms with E-state index in [9.17, 15) is 9.59 Å². The number of rotatable bonds is 16. The van der Waals surface area contributed by atoms with Crippen molar-refractivity contribution in [1.82, 2.24) is 24.6 Å². The number of carbonyl (C=O) groups is 2. The van der Waals surface area contributed by atoms with Gasteiger partial charge in [0, 0.05) is 35.8 Å². The highest BCUT2D eigenvalue weighted by Gasteiger charge is 2.60. The fourth-order valence-electron chi connectivity index (χ4n) is 7.36. The number of amides is 2. The number of nitrogens with zero attached hydrogens (tertiary/aromatic N) is 4. The van der Waals surface area contributed by atoms with Crippen LogP contribution < -0.4 is 26.0 Å². The van der Waals surface area contributed by atoms with E-state index < -0.39 is 67.7 Å². The van der Waals surface area contributed by atoms with Gasteiger partial charge in [0.05, 0.1) is 44.3 Å². The lowest BCUT2D eigenvalue weighted by molar-refractivity contribution is -0.203. The molecule has 64 heavy (non-hydrogen) atoms. The Kier molecular flexibility index (Phi) is 13.7. The number of aromatic amines is 1. The molecule has 2 aliphatic heterocycles. The summed E-state index contributed by atoms with van der Waals surface area (Å²) in [4.78, 5) is 64.6. The summed E-state index contributed by atoms with van der Waals surface area (Å²) in [5, 5.41) is 7.77. The maximum Gasteiger partial charge on any atom is 0.330 e. The Morgan fingerprint density at radius 2 is 1.75 bits per heavy atom. The third kappa shape index (κ3) is 10.0. The van der Waals surface area contributed by atoms with Crippen LogP contribution in [0, 0.1) is 0 Å². The van der Waals surface area contributed by atoms with Crippen LogP contribution in [-0.4, -0.2) is 89.1 Å². The number of para-hydroxylation sites is 1. The molecule has 2 aromatic carbocycles. The molecule has 0 saturated carbocycles. The molecule has 7 rings (SSSR count). The molecule has 0 bridgehead atoms. The van der Waals surface area contributed by atoms with Gasteiger partial charge in [0.1, 0.15) is 41.4 Å². The summed E-state index contributed by atoms with van der Waals surface area (Å²) in [5.41, 5.74) is 0.397. The Balaban J connectivity index is 1.36. The average Bonchev–Trinajstić information content (AvgIpc) is 3.95. The van der Waals surface area contributed by atoms with Crippen molar-refractivity contribution in [1.29, 1.82) is 0 Å². The van der Waals surface area contributed by atoms with Crippen LogP contribution in [0.25, 0.3) is 0 Å². The second kappa shape index (κ2) is 18.9. The van der Waals surface area contributed by atoms with Gasteiger partial charge >= 0.3 is 5.69 Å². The van der Waals surface area contributed by atoms with Gasteiger partial charge in [0.25, 0.3) is 11.5 Å². The zero-order valence-electron chi connectivity index (χ0n) is 37.3. The number of thioether (sulfide) groups is 1. The summed E-state index contributed by atoms with van der Waals surface area (Å²) in [7, 11) is 0.786. The topological polar surface area (TPSA) is 199 Å². The predicted molar refractivity (Wildman–Crippen MR) is 240 cm³/mol. The third-order valence-electron chi connectivity index (χ3n) is 11.7. The Morgan fingerprint density at radius 3 is 2.45 bits per heavy atom. The Labute approximate surface area is 375 Å². The van der Waals surface area contributed by atoms with E-state index in [-0.39, 0.29) is 35.3 Å². The van der Waals surface area contributed by atoms with Crippen LogP contribution in [0.3, 0.4) is 0 Å². The molecular weight excluding hydrogens is 861 g/mol. The smallest absolute Gasteiger partial charge is 0.330 e. The zero-order valence-corrected chi connectivity index (χ0v) is 39.1. The number of ether oxygens (including phenoxy) is 5. The van der Waals surface area contributed by atoms with Crippen molar-refractivity contribution in [3.8, 4) is 11.5 Å². The maximum absolute atomic E-state index is 15.5. The molecule has 1 unspecified atom stereocenters. The van der Waals surface area contributed by atoms with E-state index >= 15 is 9.59 Å². The van der Waals surface area contributed by atoms with Crippen molar-refractivity contribution in [2.24, 2.45) is 0 Å². The van der Waals surface area contributed by atoms with Crippen molar-refractivity contribution in [3.05, 3.63) is 129 Å². The molecule has 2 N–H and O–H groups in total. The van der Waals surface area contributed by atoms with Gasteiger partial charge in [-0.05, 0) is 67.9 Å². The molecule has 2 amide bonds. The van der Waals surface area contributed by atoms with Crippen molar-refractivity contribution in [3.63, 3.8) is 0 Å². The lowest BCUT2D eigenvalue weighted by Gasteiger charge is -2.37. The summed E-state index contributed by atoms with van der Waals surface area (Å²) in [6.07, 6.45) is -0.211. The maximum atomic E-state index is 15.5. The molecule has 19 heteroatoms. The van der Waals surface area contributed by atoms with Gasteiger partial charge in [-0.25, -0.2) is 9.78 Å². The Hall–Kier alpha value is -5.57. The number of pyridine rings is 1. The van der Waals surface area contributed by atoms with Gasteiger partial charge in [0.2, 0.25) is 5.91 Å². The van der Waals surface area contributed by atoms with Gasteiger partial charge < -0.3 is 42.9 Å². The molecule has 0 spiro atoms. The van der Waals surface area contributed by atoms with Crippen LogP contribution in [0.1, 0.15) is 68.1 Å². The lowest BCUT2D eigenvalue weighted by Crippen LogP contribution is -2.57. The number of nitrogens with one attached hydrogen (secondary N) is 2. The van der Waals surface area contributed by atoms with Crippen LogP contribution in [0.4, 0.5) is 5.69 Å². The monoisotopic (exact) mass is 914 g/mol. The molecule has 5 aromatic rings. The van der Waals surface area contributed by atoms with Gasteiger partial charge in [-0.1, -0.05) is 62.0 Å². The highest BCUT2D eigenvalue weighted by atomic mass is 32.2. The molecule has 2 saturated heterocycles. The minimum absolute atomic E-state index is 0.0751. The standard InChI is InChI=1S/C45H54N6O11SSi/c1-44(2,3)64(8,9)58-25-28-14-10-11-15-31(28)48-40(53)36(37-38-39(61-45(4,5)60-38)42(59-37)50-21-19-34(52)49-43(50)55)51(24-27-17-18-29(56-6)22-32(27)57-7)41(54)30-23-47-62-33(30)26-63-35-16-12-13-20-46-35/h10-23,36-39,42H,24-26H2,1-9H3,(H,48,53)(H,49,52,55)/t36?,37-,38-,39-,42-/m1/s1.